The number of aromatic amines is 1. The van der Waals surface area contributed by atoms with Crippen LogP contribution in [0.25, 0.3) is 11.3 Å². The minimum absolute atomic E-state index is 0.0767. The quantitative estimate of drug-likeness (QED) is 0.666. The molecule has 1 N–H and O–H groups in total. The predicted molar refractivity (Wildman–Crippen MR) is 115 cm³/mol. The predicted octanol–water partition coefficient (Wildman–Crippen LogP) is 0.827. The second-order valence-electron chi connectivity index (χ2n) is 8.23. The lowest BCUT2D eigenvalue weighted by molar-refractivity contribution is -0.129. The van der Waals surface area contributed by atoms with Gasteiger partial charge in [-0.05, 0) is 6.07 Å². The van der Waals surface area contributed by atoms with Crippen LogP contribution in [0.15, 0.2) is 24.7 Å². The third kappa shape index (κ3) is 4.02. The van der Waals surface area contributed by atoms with Gasteiger partial charge >= 0.3 is 0 Å². The zero-order chi connectivity index (χ0) is 21.4. The number of nitrogens with zero attached hydrogens (tertiary/aromatic N) is 8. The maximum absolute atomic E-state index is 11.9. The zero-order valence-electron chi connectivity index (χ0n) is 18.0. The molecule has 1 amide bonds. The molecule has 0 bridgehead atoms. The molecule has 1 fully saturated rings. The second kappa shape index (κ2) is 8.10. The van der Waals surface area contributed by atoms with Crippen molar-refractivity contribution in [3.8, 4) is 11.3 Å². The van der Waals surface area contributed by atoms with E-state index < -0.39 is 0 Å². The van der Waals surface area contributed by atoms with Gasteiger partial charge < -0.3 is 9.80 Å². The minimum atomic E-state index is 0.0767. The molecule has 5 heterocycles. The van der Waals surface area contributed by atoms with Crippen LogP contribution in [0.5, 0.6) is 0 Å². The Balaban J connectivity index is 1.42. The van der Waals surface area contributed by atoms with Crippen molar-refractivity contribution in [2.75, 3.05) is 37.6 Å². The average molecular weight is 422 g/mol. The molecule has 0 aliphatic carbocycles. The molecule has 0 saturated carbocycles. The monoisotopic (exact) mass is 421 g/mol. The van der Waals surface area contributed by atoms with Crippen LogP contribution in [-0.2, 0) is 31.4 Å². The van der Waals surface area contributed by atoms with Crippen molar-refractivity contribution in [2.45, 2.75) is 26.4 Å². The zero-order valence-corrected chi connectivity index (χ0v) is 18.0. The summed E-state index contributed by atoms with van der Waals surface area (Å²) < 4.78 is 1.78. The van der Waals surface area contributed by atoms with Crippen molar-refractivity contribution < 1.29 is 4.79 Å². The molecule has 10 heteroatoms. The molecule has 31 heavy (non-hydrogen) atoms. The molecular formula is C21H27N9O. The van der Waals surface area contributed by atoms with Gasteiger partial charge in [-0.1, -0.05) is 0 Å². The molecule has 2 aliphatic heterocycles. The van der Waals surface area contributed by atoms with Crippen LogP contribution in [0.3, 0.4) is 0 Å². The molecule has 5 rings (SSSR count). The molecule has 0 unspecified atom stereocenters. The maximum atomic E-state index is 11.9. The molecule has 162 valence electrons. The second-order valence-corrected chi connectivity index (χ2v) is 8.23. The molecule has 1 saturated heterocycles. The van der Waals surface area contributed by atoms with Crippen LogP contribution in [0.4, 0.5) is 5.82 Å². The lowest BCUT2D eigenvalue weighted by Crippen LogP contribution is -2.46. The minimum Gasteiger partial charge on any atom is -0.352 e. The highest BCUT2D eigenvalue weighted by atomic mass is 16.2. The Morgan fingerprint density at radius 1 is 1.13 bits per heavy atom. The summed E-state index contributed by atoms with van der Waals surface area (Å²) >= 11 is 0. The van der Waals surface area contributed by atoms with E-state index in [1.54, 1.807) is 17.8 Å². The summed E-state index contributed by atoms with van der Waals surface area (Å²) in [6.45, 7) is 7.36. The van der Waals surface area contributed by atoms with Gasteiger partial charge in [0.2, 0.25) is 5.91 Å². The first kappa shape index (κ1) is 19.7. The van der Waals surface area contributed by atoms with Crippen molar-refractivity contribution >= 4 is 11.7 Å². The van der Waals surface area contributed by atoms with Crippen LogP contribution in [0.2, 0.25) is 0 Å². The van der Waals surface area contributed by atoms with Crippen molar-refractivity contribution in [2.24, 2.45) is 7.05 Å². The van der Waals surface area contributed by atoms with E-state index in [1.165, 1.54) is 0 Å². The molecule has 0 radical (unpaired) electrons. The van der Waals surface area contributed by atoms with Crippen molar-refractivity contribution in [3.63, 3.8) is 0 Å². The van der Waals surface area contributed by atoms with Crippen LogP contribution >= 0.6 is 0 Å². The number of H-pyrrole nitrogens is 1. The van der Waals surface area contributed by atoms with Crippen molar-refractivity contribution in [1.82, 2.24) is 39.7 Å². The largest absolute Gasteiger partial charge is 0.352 e. The van der Waals surface area contributed by atoms with E-state index in [-0.39, 0.29) is 5.91 Å². The standard InChI is InChI=1S/C21H27N9O/c1-15(31)30-6-4-18-19(14-30)24-20(16-11-23-27(2)12-16)21(25-18)29-9-7-28(8-10-29)13-17-3-5-22-26-17/h3,5,11-12H,4,6-10,13-14H2,1-2H3,(H,22,26). The van der Waals surface area contributed by atoms with E-state index in [4.69, 9.17) is 9.97 Å². The summed E-state index contributed by atoms with van der Waals surface area (Å²) in [6.07, 6.45) is 6.34. The van der Waals surface area contributed by atoms with E-state index in [2.05, 4.69) is 25.1 Å². The van der Waals surface area contributed by atoms with E-state index in [0.29, 0.717) is 13.1 Å². The molecule has 3 aromatic rings. The van der Waals surface area contributed by atoms with E-state index in [0.717, 1.165) is 73.3 Å². The number of rotatable bonds is 4. The number of hydrogen-bond acceptors (Lipinski definition) is 7. The topological polar surface area (TPSA) is 99.1 Å². The lowest BCUT2D eigenvalue weighted by atomic mass is 10.1. The van der Waals surface area contributed by atoms with Gasteiger partial charge in [0.25, 0.3) is 0 Å². The Bertz CT molecular complexity index is 1070. The van der Waals surface area contributed by atoms with Gasteiger partial charge in [0.15, 0.2) is 5.82 Å². The number of fused-ring (bicyclic) bond motifs is 1. The Morgan fingerprint density at radius 2 is 1.97 bits per heavy atom. The number of amides is 1. The van der Waals surface area contributed by atoms with Gasteiger partial charge in [-0.2, -0.15) is 10.2 Å². The SMILES string of the molecule is CC(=O)N1CCc2nc(N3CCN(Cc4ccn[nH]4)CC3)c(-c3cnn(C)c3)nc2C1. The third-order valence-electron chi connectivity index (χ3n) is 6.04. The number of aryl methyl sites for hydroxylation is 1. The summed E-state index contributed by atoms with van der Waals surface area (Å²) in [5.74, 6) is 0.997. The highest BCUT2D eigenvalue weighted by Gasteiger charge is 2.27. The van der Waals surface area contributed by atoms with Gasteiger partial charge in [0.05, 0.1) is 24.1 Å². The third-order valence-corrected chi connectivity index (χ3v) is 6.04. The van der Waals surface area contributed by atoms with Crippen LogP contribution in [0, 0.1) is 0 Å². The number of carbonyl (C=O) groups excluding carboxylic acids is 1. The molecule has 0 atom stereocenters. The first-order valence-electron chi connectivity index (χ1n) is 10.7. The smallest absolute Gasteiger partial charge is 0.219 e. The van der Waals surface area contributed by atoms with Crippen LogP contribution < -0.4 is 4.90 Å². The summed E-state index contributed by atoms with van der Waals surface area (Å²) in [4.78, 5) is 28.5. The molecular weight excluding hydrogens is 394 g/mol. The van der Waals surface area contributed by atoms with Crippen molar-refractivity contribution in [1.29, 1.82) is 0 Å². The Morgan fingerprint density at radius 3 is 2.65 bits per heavy atom. The molecule has 0 spiro atoms. The highest BCUT2D eigenvalue weighted by molar-refractivity contribution is 5.74. The Kier molecular flexibility index (Phi) is 5.14. The number of carbonyl (C=O) groups is 1. The van der Waals surface area contributed by atoms with E-state index in [9.17, 15) is 4.79 Å². The molecule has 0 aromatic carbocycles. The first-order chi connectivity index (χ1) is 15.1. The van der Waals surface area contributed by atoms with Gasteiger partial charge in [-0.3, -0.25) is 19.5 Å². The number of anilines is 1. The normalized spacial score (nSPS) is 17.1. The molecule has 3 aromatic heterocycles. The first-order valence-corrected chi connectivity index (χ1v) is 10.7. The van der Waals surface area contributed by atoms with Crippen LogP contribution in [-0.4, -0.2) is 78.4 Å². The van der Waals surface area contributed by atoms with Crippen LogP contribution in [0.1, 0.15) is 24.0 Å². The number of aromatic nitrogens is 6. The van der Waals surface area contributed by atoms with E-state index in [1.807, 2.05) is 30.4 Å². The number of piperazine rings is 1. The number of nitrogens with one attached hydrogen (secondary N) is 1. The lowest BCUT2D eigenvalue weighted by Gasteiger charge is -2.36. The van der Waals surface area contributed by atoms with Gasteiger partial charge in [0, 0.05) is 83.3 Å². The summed E-state index contributed by atoms with van der Waals surface area (Å²) in [5.41, 5.74) is 4.82. The van der Waals surface area contributed by atoms with Gasteiger partial charge in [-0.15, -0.1) is 0 Å². The molecule has 2 aliphatic rings. The fraction of sp³-hybridized carbons (Fsp3) is 0.476. The van der Waals surface area contributed by atoms with Gasteiger partial charge in [0.1, 0.15) is 5.69 Å². The maximum Gasteiger partial charge on any atom is 0.219 e. The fourth-order valence-corrected chi connectivity index (χ4v) is 4.28. The average Bonchev–Trinajstić information content (AvgIpc) is 3.44. The highest BCUT2D eigenvalue weighted by Crippen LogP contribution is 2.31. The number of hydrogen-bond donors (Lipinski definition) is 1. The van der Waals surface area contributed by atoms with E-state index >= 15 is 0 Å². The van der Waals surface area contributed by atoms with Crippen molar-refractivity contribution in [3.05, 3.63) is 41.7 Å². The fourth-order valence-electron chi connectivity index (χ4n) is 4.28. The Labute approximate surface area is 180 Å². The summed E-state index contributed by atoms with van der Waals surface area (Å²) in [5, 5.41) is 11.4. The van der Waals surface area contributed by atoms with Gasteiger partial charge in [-0.25, -0.2) is 9.97 Å². The molecule has 10 nitrogen and oxygen atoms in total. The summed E-state index contributed by atoms with van der Waals surface area (Å²) in [7, 11) is 1.90. The Hall–Kier alpha value is -3.27. The summed E-state index contributed by atoms with van der Waals surface area (Å²) in [6, 6.07) is 2.02.